The minimum atomic E-state index is -0.731. The molecule has 0 unspecified atom stereocenters. The normalized spacial score (nSPS) is 25.8. The van der Waals surface area contributed by atoms with Crippen LogP contribution >= 0.6 is 0 Å². The van der Waals surface area contributed by atoms with Crippen LogP contribution in [0.4, 0.5) is 0 Å². The average molecular weight is 323 g/mol. The van der Waals surface area contributed by atoms with Crippen molar-refractivity contribution in [3.63, 3.8) is 0 Å². The van der Waals surface area contributed by atoms with Crippen molar-refractivity contribution in [2.24, 2.45) is 11.3 Å². The number of carboxylic acid groups (broad SMARTS) is 1. The first-order chi connectivity index (χ1) is 11.6. The number of aliphatic carboxylic acids is 1. The van der Waals surface area contributed by atoms with E-state index in [0.717, 1.165) is 29.2 Å². The van der Waals surface area contributed by atoms with Crippen LogP contribution in [-0.2, 0) is 16.0 Å². The van der Waals surface area contributed by atoms with E-state index in [1.54, 1.807) is 4.90 Å². The van der Waals surface area contributed by atoms with Crippen molar-refractivity contribution < 1.29 is 14.7 Å². The lowest BCUT2D eigenvalue weighted by molar-refractivity contribution is -0.149. The fraction of sp³-hybridized carbons (Fsp3) is 0.400. The van der Waals surface area contributed by atoms with Gasteiger partial charge in [-0.15, -0.1) is 0 Å². The Morgan fingerprint density at radius 3 is 2.71 bits per heavy atom. The summed E-state index contributed by atoms with van der Waals surface area (Å²) in [5.41, 5.74) is 0.291. The van der Waals surface area contributed by atoms with Gasteiger partial charge >= 0.3 is 5.97 Å². The van der Waals surface area contributed by atoms with Gasteiger partial charge in [0.05, 0.1) is 11.8 Å². The number of carbonyl (C=O) groups excluding carboxylic acids is 1. The molecule has 2 fully saturated rings. The zero-order valence-electron chi connectivity index (χ0n) is 13.6. The Hall–Kier alpha value is -2.36. The van der Waals surface area contributed by atoms with E-state index in [1.807, 2.05) is 30.3 Å². The van der Waals surface area contributed by atoms with Gasteiger partial charge in [0, 0.05) is 13.1 Å². The van der Waals surface area contributed by atoms with Gasteiger partial charge < -0.3 is 10.0 Å². The second-order valence-electron chi connectivity index (χ2n) is 7.18. The predicted molar refractivity (Wildman–Crippen MR) is 91.6 cm³/mol. The standard InChI is InChI=1S/C20H21NO3/c22-18(11-14-7-8-15-4-1-2-5-16(15)10-14)21-12-17-6-3-9-20(17,13-21)19(23)24/h1-2,4-5,7-8,10,17H,3,6,9,11-13H2,(H,23,24)/t17-,20+/m0/s1. The van der Waals surface area contributed by atoms with Gasteiger partial charge in [-0.25, -0.2) is 0 Å². The monoisotopic (exact) mass is 323 g/mol. The van der Waals surface area contributed by atoms with E-state index in [4.69, 9.17) is 0 Å². The summed E-state index contributed by atoms with van der Waals surface area (Å²) < 4.78 is 0. The lowest BCUT2D eigenvalue weighted by Crippen LogP contribution is -2.37. The van der Waals surface area contributed by atoms with Crippen LogP contribution in [0.5, 0.6) is 0 Å². The second-order valence-corrected chi connectivity index (χ2v) is 7.18. The minimum absolute atomic E-state index is 0.0420. The molecule has 4 heteroatoms. The number of hydrogen-bond donors (Lipinski definition) is 1. The number of fused-ring (bicyclic) bond motifs is 2. The molecule has 24 heavy (non-hydrogen) atoms. The summed E-state index contributed by atoms with van der Waals surface area (Å²) in [6, 6.07) is 14.2. The summed E-state index contributed by atoms with van der Waals surface area (Å²) in [4.78, 5) is 26.2. The van der Waals surface area contributed by atoms with Crippen molar-refractivity contribution >= 4 is 22.6 Å². The van der Waals surface area contributed by atoms with E-state index in [-0.39, 0.29) is 11.8 Å². The molecule has 2 atom stereocenters. The van der Waals surface area contributed by atoms with Crippen LogP contribution in [0.1, 0.15) is 24.8 Å². The summed E-state index contributed by atoms with van der Waals surface area (Å²) in [5, 5.41) is 11.9. The maximum Gasteiger partial charge on any atom is 0.311 e. The van der Waals surface area contributed by atoms with Gasteiger partial charge in [0.15, 0.2) is 0 Å². The largest absolute Gasteiger partial charge is 0.481 e. The molecule has 1 saturated heterocycles. The van der Waals surface area contributed by atoms with Crippen LogP contribution in [0.25, 0.3) is 10.8 Å². The predicted octanol–water partition coefficient (Wildman–Crippen LogP) is 3.10. The lowest BCUT2D eigenvalue weighted by Gasteiger charge is -2.23. The zero-order chi connectivity index (χ0) is 16.7. The number of nitrogens with zero attached hydrogens (tertiary/aromatic N) is 1. The van der Waals surface area contributed by atoms with E-state index in [1.165, 1.54) is 0 Å². The maximum absolute atomic E-state index is 12.7. The molecule has 2 aromatic carbocycles. The van der Waals surface area contributed by atoms with Crippen LogP contribution in [0.3, 0.4) is 0 Å². The van der Waals surface area contributed by atoms with E-state index < -0.39 is 11.4 Å². The Morgan fingerprint density at radius 1 is 1.17 bits per heavy atom. The average Bonchev–Trinajstić information content (AvgIpc) is 3.13. The third-order valence-electron chi connectivity index (χ3n) is 5.82. The van der Waals surface area contributed by atoms with Gasteiger partial charge in [0.2, 0.25) is 5.91 Å². The van der Waals surface area contributed by atoms with Crippen LogP contribution in [0, 0.1) is 11.3 Å². The molecule has 1 saturated carbocycles. The molecule has 0 bridgehead atoms. The molecule has 0 radical (unpaired) electrons. The topological polar surface area (TPSA) is 57.6 Å². The highest BCUT2D eigenvalue weighted by atomic mass is 16.4. The molecule has 1 heterocycles. The molecule has 2 aliphatic rings. The van der Waals surface area contributed by atoms with E-state index in [9.17, 15) is 14.7 Å². The quantitative estimate of drug-likeness (QED) is 0.944. The van der Waals surface area contributed by atoms with Crippen molar-refractivity contribution in [3.8, 4) is 0 Å². The van der Waals surface area contributed by atoms with Crippen molar-refractivity contribution in [2.75, 3.05) is 13.1 Å². The number of rotatable bonds is 3. The SMILES string of the molecule is O=C(Cc1ccc2ccccc2c1)N1C[C@@H]2CCC[C@@]2(C(=O)O)C1. The molecule has 4 rings (SSSR count). The molecule has 124 valence electrons. The number of amides is 1. The van der Waals surface area contributed by atoms with Gasteiger partial charge in [-0.3, -0.25) is 9.59 Å². The Labute approximate surface area is 141 Å². The van der Waals surface area contributed by atoms with Crippen LogP contribution in [0.15, 0.2) is 42.5 Å². The van der Waals surface area contributed by atoms with Crippen molar-refractivity contribution in [2.45, 2.75) is 25.7 Å². The van der Waals surface area contributed by atoms with Crippen molar-refractivity contribution in [1.82, 2.24) is 4.90 Å². The zero-order valence-corrected chi connectivity index (χ0v) is 13.6. The highest BCUT2D eigenvalue weighted by Crippen LogP contribution is 2.48. The third-order valence-corrected chi connectivity index (χ3v) is 5.82. The fourth-order valence-electron chi connectivity index (χ4n) is 4.46. The number of benzene rings is 2. The molecule has 1 aliphatic heterocycles. The van der Waals surface area contributed by atoms with Crippen molar-refractivity contribution in [1.29, 1.82) is 0 Å². The van der Waals surface area contributed by atoms with Gasteiger partial charge in [-0.1, -0.05) is 48.9 Å². The van der Waals surface area contributed by atoms with E-state index in [0.29, 0.717) is 25.9 Å². The highest BCUT2D eigenvalue weighted by Gasteiger charge is 2.55. The number of carboxylic acids is 1. The first-order valence-electron chi connectivity index (χ1n) is 8.57. The lowest BCUT2D eigenvalue weighted by atomic mass is 9.81. The Kier molecular flexibility index (Phi) is 3.56. The van der Waals surface area contributed by atoms with Gasteiger partial charge in [-0.2, -0.15) is 0 Å². The minimum Gasteiger partial charge on any atom is -0.481 e. The molecule has 2 aromatic rings. The maximum atomic E-state index is 12.7. The second kappa shape index (κ2) is 5.62. The summed E-state index contributed by atoms with van der Waals surface area (Å²) in [6.07, 6.45) is 2.93. The molecule has 1 aliphatic carbocycles. The van der Waals surface area contributed by atoms with E-state index in [2.05, 4.69) is 12.1 Å². The first-order valence-corrected chi connectivity index (χ1v) is 8.57. The first kappa shape index (κ1) is 15.2. The van der Waals surface area contributed by atoms with E-state index >= 15 is 0 Å². The summed E-state index contributed by atoms with van der Waals surface area (Å²) in [6.45, 7) is 0.970. The van der Waals surface area contributed by atoms with Crippen LogP contribution < -0.4 is 0 Å². The molecular formula is C20H21NO3. The number of likely N-dealkylation sites (tertiary alicyclic amines) is 1. The van der Waals surface area contributed by atoms with Gasteiger partial charge in [0.1, 0.15) is 0 Å². The molecule has 0 aromatic heterocycles. The van der Waals surface area contributed by atoms with Gasteiger partial charge in [-0.05, 0) is 35.1 Å². The molecule has 4 nitrogen and oxygen atoms in total. The summed E-state index contributed by atoms with van der Waals surface area (Å²) >= 11 is 0. The number of carbonyl (C=O) groups is 2. The Balaban J connectivity index is 1.51. The Morgan fingerprint density at radius 2 is 1.96 bits per heavy atom. The summed E-state index contributed by atoms with van der Waals surface area (Å²) in [5.74, 6) is -0.568. The molecule has 1 N–H and O–H groups in total. The van der Waals surface area contributed by atoms with Gasteiger partial charge in [0.25, 0.3) is 0 Å². The molecular weight excluding hydrogens is 302 g/mol. The molecule has 0 spiro atoms. The molecule has 1 amide bonds. The van der Waals surface area contributed by atoms with Crippen LogP contribution in [0.2, 0.25) is 0 Å². The smallest absolute Gasteiger partial charge is 0.311 e. The third kappa shape index (κ3) is 2.37. The fourth-order valence-corrected chi connectivity index (χ4v) is 4.46. The Bertz CT molecular complexity index is 815. The summed E-state index contributed by atoms with van der Waals surface area (Å²) in [7, 11) is 0. The van der Waals surface area contributed by atoms with Crippen LogP contribution in [-0.4, -0.2) is 35.0 Å². The number of hydrogen-bond acceptors (Lipinski definition) is 2. The van der Waals surface area contributed by atoms with Crippen molar-refractivity contribution in [3.05, 3.63) is 48.0 Å². The highest BCUT2D eigenvalue weighted by molar-refractivity contribution is 5.86.